The molecule has 1 unspecified atom stereocenters. The first-order valence-electron chi connectivity index (χ1n) is 5.13. The normalized spacial score (nSPS) is 13.0. The Balaban J connectivity index is 2.24. The number of thioether (sulfide) groups is 1. The summed E-state index contributed by atoms with van der Waals surface area (Å²) in [5.74, 6) is 2.43. The van der Waals surface area contributed by atoms with Gasteiger partial charge in [0, 0.05) is 11.8 Å². The van der Waals surface area contributed by atoms with E-state index in [2.05, 4.69) is 12.2 Å². The highest BCUT2D eigenvalue weighted by atomic mass is 32.2. The molecule has 0 saturated carbocycles. The molecule has 1 atom stereocenters. The van der Waals surface area contributed by atoms with E-state index < -0.39 is 0 Å². The average Bonchev–Trinajstić information content (AvgIpc) is 2.69. The highest BCUT2D eigenvalue weighted by molar-refractivity contribution is 7.99. The molecule has 0 amide bonds. The third kappa shape index (κ3) is 4.20. The van der Waals surface area contributed by atoms with Gasteiger partial charge in [0.05, 0.1) is 12.5 Å². The monoisotopic (exact) mass is 213 g/mol. The molecule has 2 nitrogen and oxygen atoms in total. The minimum Gasteiger partial charge on any atom is -0.472 e. The minimum absolute atomic E-state index is 0.559. The lowest BCUT2D eigenvalue weighted by atomic mass is 10.1. The Kier molecular flexibility index (Phi) is 5.80. The summed E-state index contributed by atoms with van der Waals surface area (Å²) < 4.78 is 5.05. The lowest BCUT2D eigenvalue weighted by Crippen LogP contribution is -2.30. The standard InChI is InChI=1S/C11H19NOS/c1-3-6-14-9-11(12-2)7-10-4-5-13-8-10/h4-5,8,11-12H,3,6-7,9H2,1-2H3. The van der Waals surface area contributed by atoms with Crippen molar-refractivity contribution >= 4 is 11.8 Å². The fraction of sp³-hybridized carbons (Fsp3) is 0.636. The second-order valence-corrected chi connectivity index (χ2v) is 4.55. The highest BCUT2D eigenvalue weighted by Crippen LogP contribution is 2.10. The first-order chi connectivity index (χ1) is 6.86. The quantitative estimate of drug-likeness (QED) is 0.705. The van der Waals surface area contributed by atoms with Gasteiger partial charge in [-0.1, -0.05) is 6.92 Å². The third-order valence-corrected chi connectivity index (χ3v) is 3.47. The molecule has 1 heterocycles. The number of nitrogens with one attached hydrogen (secondary N) is 1. The van der Waals surface area contributed by atoms with Gasteiger partial charge in [-0.05, 0) is 37.3 Å². The minimum atomic E-state index is 0.559. The third-order valence-electron chi connectivity index (χ3n) is 2.14. The predicted octanol–water partition coefficient (Wildman–Crippen LogP) is 2.55. The van der Waals surface area contributed by atoms with E-state index in [1.54, 1.807) is 6.26 Å². The van der Waals surface area contributed by atoms with E-state index >= 15 is 0 Å². The zero-order chi connectivity index (χ0) is 10.2. The van der Waals surface area contributed by atoms with Gasteiger partial charge < -0.3 is 9.73 Å². The molecule has 14 heavy (non-hydrogen) atoms. The summed E-state index contributed by atoms with van der Waals surface area (Å²) in [7, 11) is 2.03. The largest absolute Gasteiger partial charge is 0.472 e. The van der Waals surface area contributed by atoms with Gasteiger partial charge >= 0.3 is 0 Å². The molecular formula is C11H19NOS. The molecular weight excluding hydrogens is 194 g/mol. The molecule has 0 saturated heterocycles. The summed E-state index contributed by atoms with van der Waals surface area (Å²) in [6.45, 7) is 2.22. The van der Waals surface area contributed by atoms with Crippen LogP contribution in [0.5, 0.6) is 0 Å². The van der Waals surface area contributed by atoms with Crippen molar-refractivity contribution in [3.8, 4) is 0 Å². The van der Waals surface area contributed by atoms with E-state index in [-0.39, 0.29) is 0 Å². The van der Waals surface area contributed by atoms with Crippen molar-refractivity contribution < 1.29 is 4.42 Å². The molecule has 1 rings (SSSR count). The molecule has 1 aromatic rings. The predicted molar refractivity (Wildman–Crippen MR) is 62.9 cm³/mol. The molecule has 0 fully saturated rings. The molecule has 0 aliphatic carbocycles. The molecule has 3 heteroatoms. The number of hydrogen-bond donors (Lipinski definition) is 1. The Hall–Kier alpha value is -0.410. The van der Waals surface area contributed by atoms with Gasteiger partial charge in [0.15, 0.2) is 0 Å². The van der Waals surface area contributed by atoms with Crippen LogP contribution in [0.4, 0.5) is 0 Å². The van der Waals surface area contributed by atoms with Crippen LogP contribution in [-0.4, -0.2) is 24.6 Å². The van der Waals surface area contributed by atoms with Crippen LogP contribution in [-0.2, 0) is 6.42 Å². The van der Waals surface area contributed by atoms with E-state index in [1.165, 1.54) is 23.5 Å². The summed E-state index contributed by atoms with van der Waals surface area (Å²) in [5, 5.41) is 3.34. The Labute approximate surface area is 90.5 Å². The zero-order valence-corrected chi connectivity index (χ0v) is 9.77. The summed E-state index contributed by atoms with van der Waals surface area (Å²) in [4.78, 5) is 0. The lowest BCUT2D eigenvalue weighted by molar-refractivity contribution is 0.556. The van der Waals surface area contributed by atoms with Crippen molar-refractivity contribution in [2.24, 2.45) is 0 Å². The van der Waals surface area contributed by atoms with Gasteiger partial charge in [-0.15, -0.1) is 0 Å². The van der Waals surface area contributed by atoms with E-state index in [4.69, 9.17) is 4.42 Å². The second kappa shape index (κ2) is 6.96. The van der Waals surface area contributed by atoms with Crippen LogP contribution in [0.3, 0.4) is 0 Å². The molecule has 0 radical (unpaired) electrons. The van der Waals surface area contributed by atoms with Crippen LogP contribution in [0.15, 0.2) is 23.0 Å². The smallest absolute Gasteiger partial charge is 0.0935 e. The average molecular weight is 213 g/mol. The van der Waals surface area contributed by atoms with Crippen molar-refractivity contribution in [3.63, 3.8) is 0 Å². The van der Waals surface area contributed by atoms with E-state index in [9.17, 15) is 0 Å². The van der Waals surface area contributed by atoms with Gasteiger partial charge in [0.25, 0.3) is 0 Å². The second-order valence-electron chi connectivity index (χ2n) is 3.40. The zero-order valence-electron chi connectivity index (χ0n) is 8.95. The van der Waals surface area contributed by atoms with Gasteiger partial charge in [-0.25, -0.2) is 0 Å². The Morgan fingerprint density at radius 3 is 3.00 bits per heavy atom. The van der Waals surface area contributed by atoms with Crippen LogP contribution < -0.4 is 5.32 Å². The maximum Gasteiger partial charge on any atom is 0.0935 e. The fourth-order valence-corrected chi connectivity index (χ4v) is 2.33. The van der Waals surface area contributed by atoms with Gasteiger partial charge in [-0.2, -0.15) is 11.8 Å². The van der Waals surface area contributed by atoms with Crippen molar-refractivity contribution in [1.82, 2.24) is 5.32 Å². The van der Waals surface area contributed by atoms with Crippen molar-refractivity contribution in [2.45, 2.75) is 25.8 Å². The Morgan fingerprint density at radius 1 is 1.57 bits per heavy atom. The van der Waals surface area contributed by atoms with Crippen molar-refractivity contribution in [2.75, 3.05) is 18.6 Å². The number of likely N-dealkylation sites (N-methyl/N-ethyl adjacent to an activating group) is 1. The molecule has 0 spiro atoms. The van der Waals surface area contributed by atoms with E-state index in [1.807, 2.05) is 31.1 Å². The summed E-state index contributed by atoms with van der Waals surface area (Å²) in [6, 6.07) is 2.60. The molecule has 80 valence electrons. The van der Waals surface area contributed by atoms with Crippen LogP contribution in [0.2, 0.25) is 0 Å². The molecule has 0 bridgehead atoms. The summed E-state index contributed by atoms with van der Waals surface area (Å²) >= 11 is 2.01. The topological polar surface area (TPSA) is 25.2 Å². The van der Waals surface area contributed by atoms with Gasteiger partial charge in [0.2, 0.25) is 0 Å². The first kappa shape index (κ1) is 11.7. The number of furan rings is 1. The summed E-state index contributed by atoms with van der Waals surface area (Å²) in [5.41, 5.74) is 1.28. The van der Waals surface area contributed by atoms with E-state index in [0.717, 1.165) is 6.42 Å². The first-order valence-corrected chi connectivity index (χ1v) is 6.28. The maximum absolute atomic E-state index is 5.05. The molecule has 1 aromatic heterocycles. The van der Waals surface area contributed by atoms with Crippen LogP contribution in [0.25, 0.3) is 0 Å². The number of hydrogen-bond acceptors (Lipinski definition) is 3. The van der Waals surface area contributed by atoms with Crippen LogP contribution in [0, 0.1) is 0 Å². The summed E-state index contributed by atoms with van der Waals surface area (Å²) in [6.07, 6.45) is 5.88. The van der Waals surface area contributed by atoms with E-state index in [0.29, 0.717) is 6.04 Å². The number of rotatable bonds is 7. The Morgan fingerprint density at radius 2 is 2.43 bits per heavy atom. The van der Waals surface area contributed by atoms with Gasteiger partial charge in [-0.3, -0.25) is 0 Å². The van der Waals surface area contributed by atoms with Crippen LogP contribution >= 0.6 is 11.8 Å². The fourth-order valence-electron chi connectivity index (χ4n) is 1.31. The molecule has 0 aliphatic rings. The SMILES string of the molecule is CCCSCC(Cc1ccoc1)NC. The molecule has 1 N–H and O–H groups in total. The van der Waals surface area contributed by atoms with Gasteiger partial charge in [0.1, 0.15) is 0 Å². The molecule has 0 aliphatic heterocycles. The molecule has 0 aromatic carbocycles. The van der Waals surface area contributed by atoms with Crippen molar-refractivity contribution in [1.29, 1.82) is 0 Å². The van der Waals surface area contributed by atoms with Crippen molar-refractivity contribution in [3.05, 3.63) is 24.2 Å². The van der Waals surface area contributed by atoms with Crippen LogP contribution in [0.1, 0.15) is 18.9 Å². The maximum atomic E-state index is 5.05. The lowest BCUT2D eigenvalue weighted by Gasteiger charge is -2.14. The Bertz CT molecular complexity index is 223. The highest BCUT2D eigenvalue weighted by Gasteiger charge is 2.07.